The second-order valence-electron chi connectivity index (χ2n) is 4.44. The zero-order valence-corrected chi connectivity index (χ0v) is 12.4. The molecule has 17 heavy (non-hydrogen) atoms. The fraction of sp³-hybridized carbons (Fsp3) is 0.417. The minimum atomic E-state index is 0.399. The van der Waals surface area contributed by atoms with Crippen LogP contribution in [0.5, 0.6) is 0 Å². The van der Waals surface area contributed by atoms with Crippen molar-refractivity contribution < 1.29 is 4.74 Å². The normalized spacial score (nSPS) is 23.9. The number of ether oxygens (including phenoxy) is 1. The average Bonchev–Trinajstić information content (AvgIpc) is 2.53. The predicted octanol–water partition coefficient (Wildman–Crippen LogP) is 3.65. The van der Waals surface area contributed by atoms with E-state index in [-0.39, 0.29) is 0 Å². The van der Waals surface area contributed by atoms with Gasteiger partial charge in [0.1, 0.15) is 0 Å². The van der Waals surface area contributed by atoms with Crippen LogP contribution >= 0.6 is 34.8 Å². The summed E-state index contributed by atoms with van der Waals surface area (Å²) in [6.07, 6.45) is 2.52. The van der Waals surface area contributed by atoms with Gasteiger partial charge in [0.15, 0.2) is 4.77 Å². The summed E-state index contributed by atoms with van der Waals surface area (Å²) >= 11 is 7.73. The molecular formula is C12H13IN2OS. The van der Waals surface area contributed by atoms with Crippen LogP contribution in [-0.2, 0) is 4.74 Å². The van der Waals surface area contributed by atoms with Gasteiger partial charge >= 0.3 is 0 Å². The number of rotatable bonds is 2. The summed E-state index contributed by atoms with van der Waals surface area (Å²) in [6, 6.07) is 6.88. The van der Waals surface area contributed by atoms with Crippen molar-refractivity contribution in [3.63, 3.8) is 0 Å². The van der Waals surface area contributed by atoms with Crippen LogP contribution in [0.4, 0.5) is 0 Å². The third-order valence-corrected chi connectivity index (χ3v) is 4.42. The Hall–Kier alpha value is -0.400. The summed E-state index contributed by atoms with van der Waals surface area (Å²) in [5, 5.41) is 0. The molecule has 0 amide bonds. The largest absolute Gasteiger partial charge is 0.381 e. The summed E-state index contributed by atoms with van der Waals surface area (Å²) in [7, 11) is 1.78. The first kappa shape index (κ1) is 11.7. The van der Waals surface area contributed by atoms with Gasteiger partial charge in [0, 0.05) is 16.7 Å². The van der Waals surface area contributed by atoms with Gasteiger partial charge in [0.2, 0.25) is 0 Å². The molecule has 90 valence electrons. The minimum absolute atomic E-state index is 0.399. The van der Waals surface area contributed by atoms with E-state index in [1.165, 1.54) is 9.09 Å². The Morgan fingerprint density at radius 1 is 1.47 bits per heavy atom. The second-order valence-corrected chi connectivity index (χ2v) is 6.08. The van der Waals surface area contributed by atoms with E-state index in [4.69, 9.17) is 17.0 Å². The number of aromatic nitrogens is 2. The molecule has 3 nitrogen and oxygen atoms in total. The van der Waals surface area contributed by atoms with Crippen LogP contribution in [-0.4, -0.2) is 22.8 Å². The molecule has 0 atom stereocenters. The number of nitrogens with one attached hydrogen (secondary N) is 1. The second kappa shape index (κ2) is 4.37. The van der Waals surface area contributed by atoms with E-state index in [0.29, 0.717) is 12.1 Å². The standard InChI is InChI=1S/C12H13IN2OS/c1-16-9-5-8(6-9)15-11-3-2-7(13)4-10(11)14-12(15)17/h2-4,8-9H,5-6H2,1H3,(H,14,17). The van der Waals surface area contributed by atoms with Crippen molar-refractivity contribution in [2.75, 3.05) is 7.11 Å². The number of halogens is 1. The molecule has 5 heteroatoms. The van der Waals surface area contributed by atoms with Gasteiger partial charge in [-0.15, -0.1) is 0 Å². The third-order valence-electron chi connectivity index (χ3n) is 3.45. The van der Waals surface area contributed by atoms with Crippen LogP contribution in [0.1, 0.15) is 18.9 Å². The maximum atomic E-state index is 5.41. The van der Waals surface area contributed by atoms with Gasteiger partial charge < -0.3 is 14.3 Å². The van der Waals surface area contributed by atoms with E-state index in [1.807, 2.05) is 0 Å². The quantitative estimate of drug-likeness (QED) is 0.655. The molecule has 1 heterocycles. The third kappa shape index (κ3) is 1.94. The highest BCUT2D eigenvalue weighted by atomic mass is 127. The number of benzene rings is 1. The summed E-state index contributed by atoms with van der Waals surface area (Å²) in [6.45, 7) is 0. The van der Waals surface area contributed by atoms with Gasteiger partial charge in [0.25, 0.3) is 0 Å². The summed E-state index contributed by atoms with van der Waals surface area (Å²) in [4.78, 5) is 3.28. The smallest absolute Gasteiger partial charge is 0.178 e. The number of hydrogen-bond donors (Lipinski definition) is 1. The fourth-order valence-electron chi connectivity index (χ4n) is 2.41. The lowest BCUT2D eigenvalue weighted by Gasteiger charge is -2.35. The molecule has 1 fully saturated rings. The monoisotopic (exact) mass is 360 g/mol. The average molecular weight is 360 g/mol. The van der Waals surface area contributed by atoms with Gasteiger partial charge in [0.05, 0.1) is 17.1 Å². The first-order valence-electron chi connectivity index (χ1n) is 5.61. The van der Waals surface area contributed by atoms with Crippen LogP contribution in [0.25, 0.3) is 11.0 Å². The lowest BCUT2D eigenvalue weighted by atomic mass is 9.89. The topological polar surface area (TPSA) is 29.9 Å². The molecule has 0 bridgehead atoms. The van der Waals surface area contributed by atoms with Crippen LogP contribution in [0.2, 0.25) is 0 Å². The number of aromatic amines is 1. The SMILES string of the molecule is COC1CC(n2c(=S)[nH]c3cc(I)ccc32)C1. The van der Waals surface area contributed by atoms with Crippen molar-refractivity contribution in [3.8, 4) is 0 Å². The highest BCUT2D eigenvalue weighted by Crippen LogP contribution is 2.36. The molecule has 0 unspecified atom stereocenters. The lowest BCUT2D eigenvalue weighted by molar-refractivity contribution is 0.00698. The highest BCUT2D eigenvalue weighted by molar-refractivity contribution is 14.1. The molecule has 1 aromatic heterocycles. The van der Waals surface area contributed by atoms with Crippen molar-refractivity contribution in [2.24, 2.45) is 0 Å². The van der Waals surface area contributed by atoms with Gasteiger partial charge in [-0.3, -0.25) is 0 Å². The Morgan fingerprint density at radius 3 is 2.94 bits per heavy atom. The summed E-state index contributed by atoms with van der Waals surface area (Å²) in [5.74, 6) is 0. The number of methoxy groups -OCH3 is 1. The Labute approximate surface area is 118 Å². The van der Waals surface area contributed by atoms with Crippen molar-refractivity contribution in [2.45, 2.75) is 25.0 Å². The Balaban J connectivity index is 2.05. The van der Waals surface area contributed by atoms with Gasteiger partial charge in [-0.2, -0.15) is 0 Å². The lowest BCUT2D eigenvalue weighted by Crippen LogP contribution is -2.32. The zero-order valence-electron chi connectivity index (χ0n) is 9.44. The molecule has 1 aliphatic rings. The molecule has 3 rings (SSSR count). The van der Waals surface area contributed by atoms with E-state index >= 15 is 0 Å². The van der Waals surface area contributed by atoms with Gasteiger partial charge in [-0.1, -0.05) is 0 Å². The van der Waals surface area contributed by atoms with Gasteiger partial charge in [-0.05, 0) is 65.8 Å². The summed E-state index contributed by atoms with van der Waals surface area (Å²) in [5.41, 5.74) is 2.33. The predicted molar refractivity (Wildman–Crippen MR) is 78.9 cm³/mol. The Morgan fingerprint density at radius 2 is 2.24 bits per heavy atom. The molecule has 0 spiro atoms. The van der Waals surface area contributed by atoms with E-state index in [1.54, 1.807) is 7.11 Å². The first-order chi connectivity index (χ1) is 8.19. The minimum Gasteiger partial charge on any atom is -0.381 e. The molecule has 2 aromatic rings. The molecular weight excluding hydrogens is 347 g/mol. The van der Waals surface area contributed by atoms with Crippen LogP contribution < -0.4 is 0 Å². The van der Waals surface area contributed by atoms with E-state index in [9.17, 15) is 0 Å². The van der Waals surface area contributed by atoms with Crippen molar-refractivity contribution in [1.82, 2.24) is 9.55 Å². The number of H-pyrrole nitrogens is 1. The van der Waals surface area contributed by atoms with Crippen molar-refractivity contribution in [1.29, 1.82) is 0 Å². The molecule has 1 aromatic carbocycles. The van der Waals surface area contributed by atoms with E-state index in [0.717, 1.165) is 23.1 Å². The summed E-state index contributed by atoms with van der Waals surface area (Å²) < 4.78 is 9.60. The molecule has 0 saturated heterocycles. The number of nitrogens with zero attached hydrogens (tertiary/aromatic N) is 1. The number of hydrogen-bond acceptors (Lipinski definition) is 2. The highest BCUT2D eigenvalue weighted by Gasteiger charge is 2.31. The maximum absolute atomic E-state index is 5.41. The molecule has 0 radical (unpaired) electrons. The fourth-order valence-corrected chi connectivity index (χ4v) is 3.26. The van der Waals surface area contributed by atoms with Gasteiger partial charge in [-0.25, -0.2) is 0 Å². The van der Waals surface area contributed by atoms with Crippen molar-refractivity contribution in [3.05, 3.63) is 26.5 Å². The van der Waals surface area contributed by atoms with Crippen LogP contribution in [0, 0.1) is 8.34 Å². The Bertz CT molecular complexity index is 612. The van der Waals surface area contributed by atoms with Crippen LogP contribution in [0.3, 0.4) is 0 Å². The molecule has 1 saturated carbocycles. The van der Waals surface area contributed by atoms with E-state index < -0.39 is 0 Å². The van der Waals surface area contributed by atoms with Crippen molar-refractivity contribution >= 4 is 45.8 Å². The van der Waals surface area contributed by atoms with Crippen LogP contribution in [0.15, 0.2) is 18.2 Å². The first-order valence-corrected chi connectivity index (χ1v) is 7.10. The van der Waals surface area contributed by atoms with E-state index in [2.05, 4.69) is 50.3 Å². The number of imidazole rings is 1. The molecule has 1 N–H and O–H groups in total. The maximum Gasteiger partial charge on any atom is 0.178 e. The Kier molecular flexibility index (Phi) is 3.00. The number of fused-ring (bicyclic) bond motifs is 1. The molecule has 0 aliphatic heterocycles. The molecule has 1 aliphatic carbocycles. The zero-order chi connectivity index (χ0) is 12.0.